The standard InChI is InChI=1S/C54H58O10/c1-39-47(56-32-40-20-8-2-9-21-40)49(58-34-42-24-12-4-13-25-42)52(61-37-45-30-18-7-19-31-45)54(63-39)62-38-46-48(57-33-41-22-10-3-11-23-41)50(59-35-43-26-14-5-15-27-43)51(53(55)64-46)60-36-44-28-16-6-17-29-44/h2-31,39,46-55H,32-38H2,1H3/t39-,46-,47+,48-,49+,50+,51-,52-,53-,54+/m1/s1. The molecule has 0 amide bonds. The van der Waals surface area contributed by atoms with Crippen molar-refractivity contribution in [1.82, 2.24) is 0 Å². The monoisotopic (exact) mass is 866 g/mol. The zero-order valence-electron chi connectivity index (χ0n) is 36.2. The first-order valence-electron chi connectivity index (χ1n) is 22.1. The summed E-state index contributed by atoms with van der Waals surface area (Å²) < 4.78 is 60.2. The third kappa shape index (κ3) is 12.8. The number of aliphatic hydroxyl groups excluding tert-OH is 1. The Hall–Kier alpha value is -5.08. The molecule has 64 heavy (non-hydrogen) atoms. The fourth-order valence-corrected chi connectivity index (χ4v) is 8.09. The maximum absolute atomic E-state index is 11.8. The molecule has 10 heteroatoms. The zero-order chi connectivity index (χ0) is 43.8. The quantitative estimate of drug-likeness (QED) is 0.0755. The van der Waals surface area contributed by atoms with Crippen molar-refractivity contribution in [2.75, 3.05) is 6.61 Å². The van der Waals surface area contributed by atoms with Gasteiger partial charge in [-0.15, -0.1) is 0 Å². The van der Waals surface area contributed by atoms with Crippen LogP contribution in [0.25, 0.3) is 0 Å². The van der Waals surface area contributed by atoms with E-state index in [-0.39, 0.29) is 33.0 Å². The van der Waals surface area contributed by atoms with Crippen molar-refractivity contribution in [3.63, 3.8) is 0 Å². The van der Waals surface area contributed by atoms with Crippen LogP contribution in [-0.2, 0) is 82.3 Å². The van der Waals surface area contributed by atoms with Gasteiger partial charge in [-0.2, -0.15) is 0 Å². The molecule has 2 aliphatic heterocycles. The molecule has 0 radical (unpaired) electrons. The van der Waals surface area contributed by atoms with E-state index in [4.69, 9.17) is 42.6 Å². The van der Waals surface area contributed by atoms with E-state index in [1.165, 1.54) is 0 Å². The number of rotatable bonds is 21. The van der Waals surface area contributed by atoms with Crippen LogP contribution in [0.5, 0.6) is 0 Å². The summed E-state index contributed by atoms with van der Waals surface area (Å²) in [6.07, 6.45) is -7.86. The van der Waals surface area contributed by atoms with Crippen LogP contribution in [0.15, 0.2) is 182 Å². The van der Waals surface area contributed by atoms with Gasteiger partial charge in [0.2, 0.25) is 0 Å². The van der Waals surface area contributed by atoms with E-state index in [9.17, 15) is 5.11 Å². The highest BCUT2D eigenvalue weighted by molar-refractivity contribution is 5.18. The van der Waals surface area contributed by atoms with E-state index in [0.29, 0.717) is 13.2 Å². The molecule has 0 bridgehead atoms. The normalized spacial score (nSPS) is 25.8. The van der Waals surface area contributed by atoms with E-state index in [0.717, 1.165) is 33.4 Å². The Kier molecular flexibility index (Phi) is 16.9. The number of ether oxygens (including phenoxy) is 9. The fourth-order valence-electron chi connectivity index (χ4n) is 8.09. The Labute approximate surface area is 376 Å². The van der Waals surface area contributed by atoms with Gasteiger partial charge in [0.1, 0.15) is 42.7 Å². The van der Waals surface area contributed by atoms with Gasteiger partial charge in [-0.3, -0.25) is 0 Å². The maximum Gasteiger partial charge on any atom is 0.186 e. The van der Waals surface area contributed by atoms with E-state index >= 15 is 0 Å². The number of aliphatic hydroxyl groups is 1. The van der Waals surface area contributed by atoms with Gasteiger partial charge in [0.15, 0.2) is 12.6 Å². The molecule has 1 N–H and O–H groups in total. The van der Waals surface area contributed by atoms with Gasteiger partial charge in [-0.1, -0.05) is 182 Å². The SMILES string of the molecule is C[C@H]1O[C@H](OC[C@H]2O[C@@H](O)[C@H](OCc3ccccc3)[C@@H](OCc3ccccc3)[C@@H]2OCc2ccccc2)[C@H](OCc2ccccc2)[C@@H](OCc2ccccc2)[C@H]1OCc1ccccc1. The molecule has 2 aliphatic rings. The number of hydrogen-bond acceptors (Lipinski definition) is 10. The highest BCUT2D eigenvalue weighted by Gasteiger charge is 2.51. The minimum absolute atomic E-state index is 0.0450. The molecule has 8 rings (SSSR count). The molecule has 334 valence electrons. The second-order valence-corrected chi connectivity index (χ2v) is 16.2. The Morgan fingerprint density at radius 1 is 0.344 bits per heavy atom. The smallest absolute Gasteiger partial charge is 0.186 e. The molecule has 2 fully saturated rings. The van der Waals surface area contributed by atoms with Crippen LogP contribution in [0.3, 0.4) is 0 Å². The van der Waals surface area contributed by atoms with Crippen LogP contribution in [0.4, 0.5) is 0 Å². The summed E-state index contributed by atoms with van der Waals surface area (Å²) in [6.45, 7) is 3.61. The van der Waals surface area contributed by atoms with Crippen molar-refractivity contribution in [1.29, 1.82) is 0 Å². The summed E-state index contributed by atoms with van der Waals surface area (Å²) in [7, 11) is 0. The molecular formula is C54H58O10. The van der Waals surface area contributed by atoms with Crippen molar-refractivity contribution in [2.24, 2.45) is 0 Å². The van der Waals surface area contributed by atoms with Crippen molar-refractivity contribution in [2.45, 2.75) is 108 Å². The van der Waals surface area contributed by atoms with Crippen LogP contribution in [0.1, 0.15) is 40.3 Å². The van der Waals surface area contributed by atoms with E-state index in [1.54, 1.807) is 0 Å². The minimum atomic E-state index is -1.37. The average molecular weight is 867 g/mol. The van der Waals surface area contributed by atoms with E-state index in [1.807, 2.05) is 189 Å². The predicted molar refractivity (Wildman–Crippen MR) is 241 cm³/mol. The predicted octanol–water partition coefficient (Wildman–Crippen LogP) is 8.98. The molecule has 10 atom stereocenters. The lowest BCUT2D eigenvalue weighted by Crippen LogP contribution is -2.63. The first-order chi connectivity index (χ1) is 31.6. The largest absolute Gasteiger partial charge is 0.368 e. The Balaban J connectivity index is 1.07. The molecular weight excluding hydrogens is 809 g/mol. The summed E-state index contributed by atoms with van der Waals surface area (Å²) in [5, 5.41) is 11.8. The highest BCUT2D eigenvalue weighted by Crippen LogP contribution is 2.34. The van der Waals surface area contributed by atoms with Gasteiger partial charge in [0.05, 0.1) is 52.4 Å². The van der Waals surface area contributed by atoms with Gasteiger partial charge in [0.25, 0.3) is 0 Å². The van der Waals surface area contributed by atoms with Gasteiger partial charge in [-0.05, 0) is 40.3 Å². The zero-order valence-corrected chi connectivity index (χ0v) is 36.2. The van der Waals surface area contributed by atoms with Crippen LogP contribution in [0, 0.1) is 0 Å². The fraction of sp³-hybridized carbons (Fsp3) is 0.333. The molecule has 6 aromatic carbocycles. The molecule has 6 aromatic rings. The van der Waals surface area contributed by atoms with Crippen LogP contribution >= 0.6 is 0 Å². The second-order valence-electron chi connectivity index (χ2n) is 16.2. The molecule has 0 aliphatic carbocycles. The molecule has 0 spiro atoms. The highest BCUT2D eigenvalue weighted by atomic mass is 16.7. The summed E-state index contributed by atoms with van der Waals surface area (Å²) in [6, 6.07) is 59.7. The van der Waals surface area contributed by atoms with Crippen molar-refractivity contribution in [3.05, 3.63) is 215 Å². The first kappa shape index (κ1) is 45.5. The van der Waals surface area contributed by atoms with Gasteiger partial charge >= 0.3 is 0 Å². The van der Waals surface area contributed by atoms with Gasteiger partial charge in [0, 0.05) is 0 Å². The summed E-state index contributed by atoms with van der Waals surface area (Å²) in [5.41, 5.74) is 5.90. The van der Waals surface area contributed by atoms with Crippen LogP contribution < -0.4 is 0 Å². The Morgan fingerprint density at radius 2 is 0.641 bits per heavy atom. The minimum Gasteiger partial charge on any atom is -0.368 e. The summed E-state index contributed by atoms with van der Waals surface area (Å²) >= 11 is 0. The van der Waals surface area contributed by atoms with Gasteiger partial charge in [-0.25, -0.2) is 0 Å². The summed E-state index contributed by atoms with van der Waals surface area (Å²) in [5.74, 6) is 0. The number of hydrogen-bond donors (Lipinski definition) is 1. The first-order valence-corrected chi connectivity index (χ1v) is 22.1. The maximum atomic E-state index is 11.8. The molecule has 2 heterocycles. The lowest BCUT2D eigenvalue weighted by Gasteiger charge is -2.47. The Morgan fingerprint density at radius 3 is 1.02 bits per heavy atom. The lowest BCUT2D eigenvalue weighted by molar-refractivity contribution is -0.345. The van der Waals surface area contributed by atoms with Crippen LogP contribution in [-0.4, -0.2) is 73.1 Å². The van der Waals surface area contributed by atoms with Crippen LogP contribution in [0.2, 0.25) is 0 Å². The van der Waals surface area contributed by atoms with Gasteiger partial charge < -0.3 is 47.7 Å². The molecule has 2 saturated heterocycles. The van der Waals surface area contributed by atoms with Crippen molar-refractivity contribution < 1.29 is 47.7 Å². The van der Waals surface area contributed by atoms with Crippen molar-refractivity contribution >= 4 is 0 Å². The molecule has 0 saturated carbocycles. The second kappa shape index (κ2) is 23.7. The van der Waals surface area contributed by atoms with E-state index in [2.05, 4.69) is 0 Å². The third-order valence-corrected chi connectivity index (χ3v) is 11.5. The third-order valence-electron chi connectivity index (χ3n) is 11.5. The molecule has 0 unspecified atom stereocenters. The van der Waals surface area contributed by atoms with E-state index < -0.39 is 61.4 Å². The Bertz CT molecular complexity index is 2030. The molecule has 0 aromatic heterocycles. The lowest BCUT2D eigenvalue weighted by atomic mass is 9.97. The summed E-state index contributed by atoms with van der Waals surface area (Å²) in [4.78, 5) is 0. The average Bonchev–Trinajstić information content (AvgIpc) is 3.35. The topological polar surface area (TPSA) is 103 Å². The van der Waals surface area contributed by atoms with Crippen molar-refractivity contribution in [3.8, 4) is 0 Å². The molecule has 10 nitrogen and oxygen atoms in total. The number of benzene rings is 6.